The molecule has 0 N–H and O–H groups in total. The number of nitro groups is 1. The van der Waals surface area contributed by atoms with E-state index in [0.29, 0.717) is 0 Å². The molecule has 5 nitrogen and oxygen atoms in total. The first kappa shape index (κ1) is 19.0. The number of aryl methyl sites for hydroxylation is 1. The van der Waals surface area contributed by atoms with E-state index in [1.807, 2.05) is 24.3 Å². The number of aromatic nitrogens is 1. The normalized spacial score (nSPS) is 11.7. The third-order valence-corrected chi connectivity index (χ3v) is 5.34. The maximum Gasteiger partial charge on any atom is 0.269 e. The Hall–Kier alpha value is -2.73. The summed E-state index contributed by atoms with van der Waals surface area (Å²) in [6.07, 6.45) is 3.16. The summed E-state index contributed by atoms with van der Waals surface area (Å²) in [5, 5.41) is 13.0. The van der Waals surface area contributed by atoms with Gasteiger partial charge in [0.1, 0.15) is 0 Å². The number of nitro benzene ring substituents is 1. The van der Waals surface area contributed by atoms with Gasteiger partial charge in [0, 0.05) is 24.1 Å². The molecule has 0 saturated carbocycles. The Morgan fingerprint density at radius 3 is 2.37 bits per heavy atom. The fourth-order valence-corrected chi connectivity index (χ4v) is 3.81. The van der Waals surface area contributed by atoms with Crippen LogP contribution in [0.3, 0.4) is 0 Å². The average Bonchev–Trinajstić information content (AvgIpc) is 3.09. The SMILES string of the molecule is CCCCn1c(-c2ccc([N+](=O)[O-])cc2)csc1=Nc1ccc(CC)cc1. The van der Waals surface area contributed by atoms with E-state index in [9.17, 15) is 10.1 Å². The fraction of sp³-hybridized carbons (Fsp3) is 0.286. The third-order valence-electron chi connectivity index (χ3n) is 4.48. The number of rotatable bonds is 7. The van der Waals surface area contributed by atoms with Crippen LogP contribution in [0.1, 0.15) is 32.3 Å². The summed E-state index contributed by atoms with van der Waals surface area (Å²) in [5.74, 6) is 0. The molecule has 0 spiro atoms. The number of unbranched alkanes of at least 4 members (excludes halogenated alkanes) is 1. The molecule has 3 aromatic rings. The minimum absolute atomic E-state index is 0.106. The number of non-ortho nitro benzene ring substituents is 1. The lowest BCUT2D eigenvalue weighted by molar-refractivity contribution is -0.384. The molecule has 3 rings (SSSR count). The van der Waals surface area contributed by atoms with Gasteiger partial charge in [-0.3, -0.25) is 10.1 Å². The third kappa shape index (κ3) is 4.52. The standard InChI is InChI=1S/C21H23N3O2S/c1-3-5-14-23-20(17-8-12-19(13-9-17)24(25)26)15-27-21(23)22-18-10-6-16(4-2)7-11-18/h6-13,15H,3-5,14H2,1-2H3. The molecule has 0 amide bonds. The van der Waals surface area contributed by atoms with Crippen LogP contribution in [0.25, 0.3) is 11.3 Å². The van der Waals surface area contributed by atoms with Crippen molar-refractivity contribution in [3.63, 3.8) is 0 Å². The van der Waals surface area contributed by atoms with Gasteiger partial charge in [0.15, 0.2) is 4.80 Å². The molecule has 6 heteroatoms. The van der Waals surface area contributed by atoms with Gasteiger partial charge in [-0.15, -0.1) is 11.3 Å². The van der Waals surface area contributed by atoms with E-state index in [0.717, 1.165) is 47.6 Å². The van der Waals surface area contributed by atoms with E-state index in [1.165, 1.54) is 5.56 Å². The number of hydrogen-bond acceptors (Lipinski definition) is 4. The van der Waals surface area contributed by atoms with Gasteiger partial charge in [-0.1, -0.05) is 32.4 Å². The summed E-state index contributed by atoms with van der Waals surface area (Å²) in [5.41, 5.74) is 4.36. The fourth-order valence-electron chi connectivity index (χ4n) is 2.85. The van der Waals surface area contributed by atoms with Crippen molar-refractivity contribution in [2.75, 3.05) is 0 Å². The molecule has 27 heavy (non-hydrogen) atoms. The second-order valence-corrected chi connectivity index (χ2v) is 7.18. The van der Waals surface area contributed by atoms with E-state index in [1.54, 1.807) is 23.5 Å². The second kappa shape index (κ2) is 8.77. The van der Waals surface area contributed by atoms with Crippen molar-refractivity contribution in [1.82, 2.24) is 4.57 Å². The van der Waals surface area contributed by atoms with Gasteiger partial charge in [0.05, 0.1) is 16.3 Å². The van der Waals surface area contributed by atoms with Crippen molar-refractivity contribution in [2.45, 2.75) is 39.7 Å². The number of thiazole rings is 1. The zero-order valence-corrected chi connectivity index (χ0v) is 16.4. The maximum absolute atomic E-state index is 10.9. The number of hydrogen-bond donors (Lipinski definition) is 0. The van der Waals surface area contributed by atoms with Gasteiger partial charge in [0.2, 0.25) is 0 Å². The van der Waals surface area contributed by atoms with Crippen LogP contribution in [-0.2, 0) is 13.0 Å². The lowest BCUT2D eigenvalue weighted by Crippen LogP contribution is -2.15. The summed E-state index contributed by atoms with van der Waals surface area (Å²) in [6, 6.07) is 15.0. The Balaban J connectivity index is 2.02. The van der Waals surface area contributed by atoms with Gasteiger partial charge in [-0.25, -0.2) is 4.99 Å². The Morgan fingerprint density at radius 1 is 1.07 bits per heavy atom. The number of nitrogens with zero attached hydrogens (tertiary/aromatic N) is 3. The Bertz CT molecular complexity index is 970. The van der Waals surface area contributed by atoms with Crippen LogP contribution in [-0.4, -0.2) is 9.49 Å². The summed E-state index contributed by atoms with van der Waals surface area (Å²) in [6.45, 7) is 5.18. The molecule has 0 atom stereocenters. The van der Waals surface area contributed by atoms with Crippen molar-refractivity contribution in [2.24, 2.45) is 4.99 Å². The minimum Gasteiger partial charge on any atom is -0.316 e. The molecule has 0 aliphatic carbocycles. The summed E-state index contributed by atoms with van der Waals surface area (Å²) >= 11 is 1.60. The van der Waals surface area contributed by atoms with E-state index in [2.05, 4.69) is 35.9 Å². The highest BCUT2D eigenvalue weighted by Crippen LogP contribution is 2.24. The zero-order valence-electron chi connectivity index (χ0n) is 15.6. The van der Waals surface area contributed by atoms with E-state index in [-0.39, 0.29) is 10.6 Å². The minimum atomic E-state index is -0.372. The topological polar surface area (TPSA) is 60.4 Å². The second-order valence-electron chi connectivity index (χ2n) is 6.34. The molecule has 0 unspecified atom stereocenters. The molecule has 0 saturated heterocycles. The maximum atomic E-state index is 10.9. The highest BCUT2D eigenvalue weighted by Gasteiger charge is 2.10. The predicted molar refractivity (Wildman–Crippen MR) is 110 cm³/mol. The molecular formula is C21H23N3O2S. The monoisotopic (exact) mass is 381 g/mol. The first-order valence-corrected chi connectivity index (χ1v) is 10.1. The van der Waals surface area contributed by atoms with Crippen LogP contribution < -0.4 is 4.80 Å². The van der Waals surface area contributed by atoms with Crippen LogP contribution in [0, 0.1) is 10.1 Å². The molecule has 1 heterocycles. The molecule has 0 aliphatic heterocycles. The van der Waals surface area contributed by atoms with Crippen molar-refractivity contribution >= 4 is 22.7 Å². The van der Waals surface area contributed by atoms with Crippen LogP contribution in [0.5, 0.6) is 0 Å². The first-order chi connectivity index (χ1) is 13.1. The van der Waals surface area contributed by atoms with E-state index < -0.39 is 0 Å². The quantitative estimate of drug-likeness (QED) is 0.388. The molecular weight excluding hydrogens is 358 g/mol. The van der Waals surface area contributed by atoms with E-state index in [4.69, 9.17) is 4.99 Å². The van der Waals surface area contributed by atoms with Crippen LogP contribution in [0.15, 0.2) is 58.9 Å². The molecule has 140 valence electrons. The lowest BCUT2D eigenvalue weighted by Gasteiger charge is -2.08. The molecule has 0 fully saturated rings. The van der Waals surface area contributed by atoms with Crippen molar-refractivity contribution in [3.8, 4) is 11.3 Å². The summed E-state index contributed by atoms with van der Waals surface area (Å²) < 4.78 is 2.21. The average molecular weight is 382 g/mol. The van der Waals surface area contributed by atoms with Gasteiger partial charge in [-0.05, 0) is 48.2 Å². The zero-order chi connectivity index (χ0) is 19.2. The summed E-state index contributed by atoms with van der Waals surface area (Å²) in [7, 11) is 0. The Morgan fingerprint density at radius 2 is 1.78 bits per heavy atom. The molecule has 0 aliphatic rings. The Kier molecular flexibility index (Phi) is 6.19. The van der Waals surface area contributed by atoms with Gasteiger partial charge in [0.25, 0.3) is 5.69 Å². The van der Waals surface area contributed by atoms with Crippen LogP contribution in [0.2, 0.25) is 0 Å². The molecule has 2 aromatic carbocycles. The molecule has 0 radical (unpaired) electrons. The van der Waals surface area contributed by atoms with Crippen LogP contribution >= 0.6 is 11.3 Å². The largest absolute Gasteiger partial charge is 0.316 e. The predicted octanol–water partition coefficient (Wildman–Crippen LogP) is 5.72. The highest BCUT2D eigenvalue weighted by atomic mass is 32.1. The number of benzene rings is 2. The Labute approximate surface area is 162 Å². The van der Waals surface area contributed by atoms with Crippen molar-refractivity contribution in [3.05, 3.63) is 74.4 Å². The molecule has 1 aromatic heterocycles. The van der Waals surface area contributed by atoms with Gasteiger partial charge >= 0.3 is 0 Å². The van der Waals surface area contributed by atoms with Crippen molar-refractivity contribution < 1.29 is 4.92 Å². The first-order valence-electron chi connectivity index (χ1n) is 9.19. The van der Waals surface area contributed by atoms with E-state index >= 15 is 0 Å². The van der Waals surface area contributed by atoms with Gasteiger partial charge < -0.3 is 4.57 Å². The highest BCUT2D eigenvalue weighted by molar-refractivity contribution is 7.07. The van der Waals surface area contributed by atoms with Gasteiger partial charge in [-0.2, -0.15) is 0 Å². The lowest BCUT2D eigenvalue weighted by atomic mass is 10.1. The molecule has 0 bridgehead atoms. The smallest absolute Gasteiger partial charge is 0.269 e. The summed E-state index contributed by atoms with van der Waals surface area (Å²) in [4.78, 5) is 16.3. The van der Waals surface area contributed by atoms with Crippen molar-refractivity contribution in [1.29, 1.82) is 0 Å². The van der Waals surface area contributed by atoms with Crippen LogP contribution in [0.4, 0.5) is 11.4 Å².